The second kappa shape index (κ2) is 9.21. The molecule has 0 aliphatic heterocycles. The Hall–Kier alpha value is -0.360. The fourth-order valence-corrected chi connectivity index (χ4v) is 1.26. The van der Waals surface area contributed by atoms with Crippen molar-refractivity contribution in [3.8, 4) is 0 Å². The third kappa shape index (κ3) is 8.25. The molecule has 2 N–H and O–H groups in total. The summed E-state index contributed by atoms with van der Waals surface area (Å²) in [5.74, 6) is -0.108. The van der Waals surface area contributed by atoms with Crippen LogP contribution in [0.3, 0.4) is 0 Å². The van der Waals surface area contributed by atoms with Crippen LogP contribution in [-0.4, -0.2) is 11.8 Å². The molecular weight excluding hydrogens is 220 g/mol. The molecule has 0 aliphatic carbocycles. The van der Waals surface area contributed by atoms with Gasteiger partial charge in [0.15, 0.2) is 0 Å². The van der Waals surface area contributed by atoms with Crippen LogP contribution in [0, 0.1) is 0 Å². The highest BCUT2D eigenvalue weighted by Crippen LogP contribution is 2.05. The van der Waals surface area contributed by atoms with E-state index >= 15 is 0 Å². The molecule has 0 saturated carbocycles. The monoisotopic (exact) mass is 236 g/mol. The van der Waals surface area contributed by atoms with Crippen LogP contribution >= 0.6 is 25.6 Å². The van der Waals surface area contributed by atoms with Crippen LogP contribution in [0.2, 0.25) is 0 Å². The van der Waals surface area contributed by atoms with Crippen molar-refractivity contribution in [1.82, 2.24) is 9.44 Å². The fraction of sp³-hybridized carbons (Fsp3) is 0.750. The lowest BCUT2D eigenvalue weighted by atomic mass is 10.1. The van der Waals surface area contributed by atoms with Crippen LogP contribution in [0.4, 0.5) is 0 Å². The van der Waals surface area contributed by atoms with Crippen LogP contribution in [0.25, 0.3) is 0 Å². The lowest BCUT2D eigenvalue weighted by molar-refractivity contribution is -0.120. The zero-order valence-electron chi connectivity index (χ0n) is 7.95. The third-order valence-electron chi connectivity index (χ3n) is 1.81. The first-order valence-electron chi connectivity index (χ1n) is 4.56. The molecular formula is C8H16N2O2S2. The number of nitrogens with one attached hydrogen (secondary N) is 2. The Bertz CT molecular complexity index is 168. The van der Waals surface area contributed by atoms with Crippen LogP contribution < -0.4 is 9.44 Å². The lowest BCUT2D eigenvalue weighted by Crippen LogP contribution is -2.12. The van der Waals surface area contributed by atoms with E-state index in [2.05, 4.69) is 35.1 Å². The van der Waals surface area contributed by atoms with Crippen molar-refractivity contribution in [3.63, 3.8) is 0 Å². The molecule has 6 heteroatoms. The maximum atomic E-state index is 10.7. The fourth-order valence-electron chi connectivity index (χ4n) is 1.04. The summed E-state index contributed by atoms with van der Waals surface area (Å²) in [7, 11) is 0. The zero-order chi connectivity index (χ0) is 10.8. The topological polar surface area (TPSA) is 58.2 Å². The molecule has 0 unspecified atom stereocenters. The van der Waals surface area contributed by atoms with Gasteiger partial charge < -0.3 is 9.44 Å². The number of thiol groups is 2. The van der Waals surface area contributed by atoms with Crippen LogP contribution in [0.1, 0.15) is 38.5 Å². The Balaban J connectivity index is 3.14. The largest absolute Gasteiger partial charge is 0.303 e. The minimum atomic E-state index is -0.0542. The smallest absolute Gasteiger partial charge is 0.229 e. The van der Waals surface area contributed by atoms with Crippen LogP contribution in [0.15, 0.2) is 0 Å². The van der Waals surface area contributed by atoms with Crippen molar-refractivity contribution in [2.24, 2.45) is 0 Å². The number of unbranched alkanes of at least 4 members (excludes halogenated alkanes) is 3. The van der Waals surface area contributed by atoms with Gasteiger partial charge in [-0.3, -0.25) is 9.59 Å². The van der Waals surface area contributed by atoms with Gasteiger partial charge in [-0.2, -0.15) is 0 Å². The van der Waals surface area contributed by atoms with Gasteiger partial charge in [0.25, 0.3) is 0 Å². The highest BCUT2D eigenvalue weighted by molar-refractivity contribution is 7.78. The van der Waals surface area contributed by atoms with Gasteiger partial charge in [-0.15, -0.1) is 0 Å². The lowest BCUT2D eigenvalue weighted by Gasteiger charge is -2.00. The maximum Gasteiger partial charge on any atom is 0.229 e. The average molecular weight is 236 g/mol. The molecule has 0 aromatic heterocycles. The molecule has 0 atom stereocenters. The summed E-state index contributed by atoms with van der Waals surface area (Å²) >= 11 is 7.27. The summed E-state index contributed by atoms with van der Waals surface area (Å²) in [6.45, 7) is 0. The van der Waals surface area contributed by atoms with Crippen molar-refractivity contribution >= 4 is 37.4 Å². The van der Waals surface area contributed by atoms with Crippen molar-refractivity contribution < 1.29 is 9.59 Å². The molecule has 0 aliphatic rings. The van der Waals surface area contributed by atoms with Crippen molar-refractivity contribution in [3.05, 3.63) is 0 Å². The summed E-state index contributed by atoms with van der Waals surface area (Å²) in [5.41, 5.74) is 0. The molecule has 0 saturated heterocycles. The molecule has 0 heterocycles. The standard InChI is InChI=1S/C8H16N2O2S2/c11-7(9-13)5-3-1-2-4-6-8(12)10-14/h13-14H,1-6H2,(H,9,11)(H,10,12). The predicted molar refractivity (Wildman–Crippen MR) is 62.0 cm³/mol. The van der Waals surface area contributed by atoms with Gasteiger partial charge in [-0.25, -0.2) is 0 Å². The van der Waals surface area contributed by atoms with Gasteiger partial charge in [0.05, 0.1) is 0 Å². The average Bonchev–Trinajstić information content (AvgIpc) is 2.22. The normalized spacial score (nSPS) is 9.57. The number of hydrogen-bond acceptors (Lipinski definition) is 4. The zero-order valence-corrected chi connectivity index (χ0v) is 9.74. The van der Waals surface area contributed by atoms with E-state index in [0.29, 0.717) is 12.8 Å². The molecule has 0 bridgehead atoms. The van der Waals surface area contributed by atoms with Gasteiger partial charge in [0.2, 0.25) is 11.8 Å². The van der Waals surface area contributed by atoms with Gasteiger partial charge in [0.1, 0.15) is 0 Å². The van der Waals surface area contributed by atoms with E-state index in [-0.39, 0.29) is 11.8 Å². The SMILES string of the molecule is O=C(CCCCCCC(=O)NS)NS. The molecule has 0 spiro atoms. The minimum Gasteiger partial charge on any atom is -0.303 e. The second-order valence-electron chi connectivity index (χ2n) is 2.98. The van der Waals surface area contributed by atoms with E-state index in [0.717, 1.165) is 25.7 Å². The Morgan fingerprint density at radius 1 is 0.786 bits per heavy atom. The van der Waals surface area contributed by atoms with Gasteiger partial charge in [-0.1, -0.05) is 38.5 Å². The molecule has 2 amide bonds. The maximum absolute atomic E-state index is 10.7. The molecule has 0 aromatic carbocycles. The predicted octanol–water partition coefficient (Wildman–Crippen LogP) is 1.25. The van der Waals surface area contributed by atoms with Crippen molar-refractivity contribution in [2.45, 2.75) is 38.5 Å². The first-order chi connectivity index (χ1) is 6.70. The summed E-state index contributed by atoms with van der Waals surface area (Å²) in [6.07, 6.45) is 4.61. The van der Waals surface area contributed by atoms with E-state index in [4.69, 9.17) is 0 Å². The van der Waals surface area contributed by atoms with E-state index < -0.39 is 0 Å². The van der Waals surface area contributed by atoms with Crippen LogP contribution in [0.5, 0.6) is 0 Å². The first-order valence-corrected chi connectivity index (χ1v) is 5.46. The van der Waals surface area contributed by atoms with Crippen LogP contribution in [-0.2, 0) is 9.59 Å². The Labute approximate surface area is 95.3 Å². The minimum absolute atomic E-state index is 0.0542. The summed E-state index contributed by atoms with van der Waals surface area (Å²) in [4.78, 5) is 21.5. The summed E-state index contributed by atoms with van der Waals surface area (Å²) in [6, 6.07) is 0. The number of carbonyl (C=O) groups is 2. The van der Waals surface area contributed by atoms with E-state index in [1.807, 2.05) is 0 Å². The molecule has 82 valence electrons. The Kier molecular flexibility index (Phi) is 8.97. The molecule has 0 aromatic rings. The third-order valence-corrected chi connectivity index (χ3v) is 2.31. The number of hydrogen-bond donors (Lipinski definition) is 4. The summed E-state index contributed by atoms with van der Waals surface area (Å²) in [5, 5.41) is 0. The highest BCUT2D eigenvalue weighted by atomic mass is 32.1. The first kappa shape index (κ1) is 13.6. The Morgan fingerprint density at radius 3 is 1.43 bits per heavy atom. The molecule has 0 fully saturated rings. The summed E-state index contributed by atoms with van der Waals surface area (Å²) < 4.78 is 4.53. The van der Waals surface area contributed by atoms with Gasteiger partial charge >= 0.3 is 0 Å². The number of amides is 2. The van der Waals surface area contributed by atoms with E-state index in [1.165, 1.54) is 0 Å². The second-order valence-corrected chi connectivity index (χ2v) is 3.43. The van der Waals surface area contributed by atoms with Crippen molar-refractivity contribution in [1.29, 1.82) is 0 Å². The number of rotatable bonds is 7. The highest BCUT2D eigenvalue weighted by Gasteiger charge is 1.99. The Morgan fingerprint density at radius 2 is 1.14 bits per heavy atom. The molecule has 0 rings (SSSR count). The molecule has 4 nitrogen and oxygen atoms in total. The van der Waals surface area contributed by atoms with E-state index in [1.54, 1.807) is 0 Å². The molecule has 0 radical (unpaired) electrons. The molecule has 14 heavy (non-hydrogen) atoms. The van der Waals surface area contributed by atoms with Gasteiger partial charge in [0, 0.05) is 12.8 Å². The van der Waals surface area contributed by atoms with E-state index in [9.17, 15) is 9.59 Å². The number of carbonyl (C=O) groups excluding carboxylic acids is 2. The van der Waals surface area contributed by atoms with Crippen molar-refractivity contribution in [2.75, 3.05) is 0 Å². The quantitative estimate of drug-likeness (QED) is 0.397. The van der Waals surface area contributed by atoms with Gasteiger partial charge in [-0.05, 0) is 12.8 Å².